The van der Waals surface area contributed by atoms with E-state index >= 15 is 0 Å². The summed E-state index contributed by atoms with van der Waals surface area (Å²) in [4.78, 5) is 14.4. The number of ether oxygens (including phenoxy) is 1. The highest BCUT2D eigenvalue weighted by molar-refractivity contribution is 6.22. The number of carbonyl (C=O) groups excluding carboxylic acids is 1. The number of rotatable bonds is 2. The molecule has 2 aromatic rings. The Balaban J connectivity index is 2.11. The van der Waals surface area contributed by atoms with Crippen LogP contribution in [0.2, 0.25) is 0 Å². The van der Waals surface area contributed by atoms with Gasteiger partial charge in [0.05, 0.1) is 18.4 Å². The molecule has 106 valence electrons. The predicted octanol–water partition coefficient (Wildman–Crippen LogP) is 3.94. The molecule has 0 aliphatic carbocycles. The quantitative estimate of drug-likeness (QED) is 0.833. The van der Waals surface area contributed by atoms with Crippen molar-refractivity contribution in [1.29, 1.82) is 0 Å². The molecule has 0 atom stereocenters. The van der Waals surface area contributed by atoms with E-state index in [1.54, 1.807) is 18.1 Å². The van der Waals surface area contributed by atoms with Gasteiger partial charge >= 0.3 is 0 Å². The van der Waals surface area contributed by atoms with Crippen molar-refractivity contribution in [3.05, 3.63) is 65.2 Å². The lowest BCUT2D eigenvalue weighted by molar-refractivity contribution is 0.101. The molecule has 3 nitrogen and oxygen atoms in total. The van der Waals surface area contributed by atoms with Gasteiger partial charge in [0, 0.05) is 11.3 Å². The van der Waals surface area contributed by atoms with Gasteiger partial charge in [0.1, 0.15) is 5.75 Å². The van der Waals surface area contributed by atoms with Crippen molar-refractivity contribution in [1.82, 2.24) is 0 Å². The van der Waals surface area contributed by atoms with E-state index in [4.69, 9.17) is 4.74 Å². The molecule has 1 heterocycles. The molecule has 0 N–H and O–H groups in total. The summed E-state index contributed by atoms with van der Waals surface area (Å²) in [6.07, 6.45) is 0. The van der Waals surface area contributed by atoms with Gasteiger partial charge in [-0.05, 0) is 55.3 Å². The number of hydrogen-bond acceptors (Lipinski definition) is 2. The standard InChI is InChI=1S/C18H17NO2/c1-11-7-12(2)9-14(8-11)19-13(3)16-6-5-15(21-4)10-17(16)18(19)20/h5-10H,3H2,1-2,4H3. The zero-order valence-corrected chi connectivity index (χ0v) is 12.4. The summed E-state index contributed by atoms with van der Waals surface area (Å²) in [5, 5.41) is 0. The average Bonchev–Trinajstić information content (AvgIpc) is 2.69. The van der Waals surface area contributed by atoms with Gasteiger partial charge in [0.2, 0.25) is 0 Å². The molecule has 0 spiro atoms. The van der Waals surface area contributed by atoms with Crippen LogP contribution in [0, 0.1) is 13.8 Å². The molecule has 0 saturated carbocycles. The van der Waals surface area contributed by atoms with Crippen LogP contribution in [-0.2, 0) is 0 Å². The number of fused-ring (bicyclic) bond motifs is 1. The first-order valence-corrected chi connectivity index (χ1v) is 6.81. The molecular formula is C18H17NO2. The number of amides is 1. The molecule has 3 heteroatoms. The maximum absolute atomic E-state index is 12.7. The second-order valence-corrected chi connectivity index (χ2v) is 5.34. The first-order chi connectivity index (χ1) is 10.0. The van der Waals surface area contributed by atoms with Crippen molar-refractivity contribution in [2.45, 2.75) is 13.8 Å². The third-order valence-electron chi connectivity index (χ3n) is 3.71. The Bertz CT molecular complexity index is 742. The molecule has 0 radical (unpaired) electrons. The Morgan fingerprint density at radius 3 is 2.29 bits per heavy atom. The molecule has 3 rings (SSSR count). The Morgan fingerprint density at radius 1 is 1.00 bits per heavy atom. The monoisotopic (exact) mass is 279 g/mol. The molecule has 1 aliphatic heterocycles. The van der Waals surface area contributed by atoms with Gasteiger partial charge in [0.15, 0.2) is 0 Å². The second kappa shape index (κ2) is 4.77. The minimum atomic E-state index is -0.0566. The van der Waals surface area contributed by atoms with E-state index in [1.165, 1.54) is 0 Å². The SMILES string of the molecule is C=C1c2ccc(OC)cc2C(=O)N1c1cc(C)cc(C)c1. The van der Waals surface area contributed by atoms with Crippen LogP contribution in [-0.4, -0.2) is 13.0 Å². The van der Waals surface area contributed by atoms with Crippen LogP contribution in [0.4, 0.5) is 5.69 Å². The molecule has 0 saturated heterocycles. The van der Waals surface area contributed by atoms with Crippen LogP contribution in [0.1, 0.15) is 27.0 Å². The van der Waals surface area contributed by atoms with Crippen LogP contribution >= 0.6 is 0 Å². The van der Waals surface area contributed by atoms with Crippen molar-refractivity contribution >= 4 is 17.3 Å². The zero-order valence-electron chi connectivity index (χ0n) is 12.4. The van der Waals surface area contributed by atoms with Gasteiger partial charge in [-0.1, -0.05) is 12.6 Å². The van der Waals surface area contributed by atoms with Crippen LogP contribution in [0.3, 0.4) is 0 Å². The normalized spacial score (nSPS) is 13.6. The molecular weight excluding hydrogens is 262 g/mol. The molecule has 1 amide bonds. The van der Waals surface area contributed by atoms with E-state index in [9.17, 15) is 4.79 Å². The fourth-order valence-corrected chi connectivity index (χ4v) is 2.80. The number of hydrogen-bond donors (Lipinski definition) is 0. The van der Waals surface area contributed by atoms with Crippen molar-refractivity contribution in [2.75, 3.05) is 12.0 Å². The lowest BCUT2D eigenvalue weighted by Crippen LogP contribution is -2.22. The average molecular weight is 279 g/mol. The van der Waals surface area contributed by atoms with Crippen LogP contribution < -0.4 is 9.64 Å². The molecule has 0 bridgehead atoms. The Morgan fingerprint density at radius 2 is 1.67 bits per heavy atom. The summed E-state index contributed by atoms with van der Waals surface area (Å²) < 4.78 is 5.20. The molecule has 0 aromatic heterocycles. The fourth-order valence-electron chi connectivity index (χ4n) is 2.80. The maximum atomic E-state index is 12.7. The summed E-state index contributed by atoms with van der Waals surface area (Å²) in [5.41, 5.74) is 5.32. The smallest absolute Gasteiger partial charge is 0.263 e. The number of nitrogens with zero attached hydrogens (tertiary/aromatic N) is 1. The van der Waals surface area contributed by atoms with Crippen molar-refractivity contribution in [3.8, 4) is 5.75 Å². The molecule has 0 fully saturated rings. The van der Waals surface area contributed by atoms with Crippen molar-refractivity contribution in [3.63, 3.8) is 0 Å². The lowest BCUT2D eigenvalue weighted by atomic mass is 10.1. The molecule has 21 heavy (non-hydrogen) atoms. The van der Waals surface area contributed by atoms with E-state index < -0.39 is 0 Å². The van der Waals surface area contributed by atoms with Gasteiger partial charge in [0.25, 0.3) is 5.91 Å². The molecule has 0 unspecified atom stereocenters. The number of methoxy groups -OCH3 is 1. The minimum Gasteiger partial charge on any atom is -0.497 e. The predicted molar refractivity (Wildman–Crippen MR) is 84.8 cm³/mol. The van der Waals surface area contributed by atoms with Crippen molar-refractivity contribution < 1.29 is 9.53 Å². The highest BCUT2D eigenvalue weighted by Gasteiger charge is 2.32. The highest BCUT2D eigenvalue weighted by Crippen LogP contribution is 2.37. The number of carbonyl (C=O) groups is 1. The van der Waals surface area contributed by atoms with Crippen LogP contribution in [0.5, 0.6) is 5.75 Å². The van der Waals surface area contributed by atoms with Gasteiger partial charge in [-0.15, -0.1) is 0 Å². The van der Waals surface area contributed by atoms with E-state index in [1.807, 2.05) is 38.1 Å². The number of benzene rings is 2. The Hall–Kier alpha value is -2.55. The summed E-state index contributed by atoms with van der Waals surface area (Å²) in [7, 11) is 1.59. The second-order valence-electron chi connectivity index (χ2n) is 5.34. The topological polar surface area (TPSA) is 29.5 Å². The maximum Gasteiger partial charge on any atom is 0.263 e. The van der Waals surface area contributed by atoms with Gasteiger partial charge in [-0.2, -0.15) is 0 Å². The van der Waals surface area contributed by atoms with E-state index in [-0.39, 0.29) is 5.91 Å². The zero-order chi connectivity index (χ0) is 15.1. The first kappa shape index (κ1) is 13.4. The summed E-state index contributed by atoms with van der Waals surface area (Å²) in [6, 6.07) is 11.6. The third-order valence-corrected chi connectivity index (χ3v) is 3.71. The van der Waals surface area contributed by atoms with E-state index in [0.29, 0.717) is 17.0 Å². The summed E-state index contributed by atoms with van der Waals surface area (Å²) >= 11 is 0. The summed E-state index contributed by atoms with van der Waals surface area (Å²) in [5.74, 6) is 0.621. The van der Waals surface area contributed by atoms with Gasteiger partial charge in [-0.25, -0.2) is 0 Å². The Labute approximate surface area is 124 Å². The van der Waals surface area contributed by atoms with E-state index in [2.05, 4.69) is 12.6 Å². The number of anilines is 1. The Kier molecular flexibility index (Phi) is 3.05. The van der Waals surface area contributed by atoms with Crippen molar-refractivity contribution in [2.24, 2.45) is 0 Å². The fraction of sp³-hybridized carbons (Fsp3) is 0.167. The van der Waals surface area contributed by atoms with Gasteiger partial charge < -0.3 is 4.74 Å². The lowest BCUT2D eigenvalue weighted by Gasteiger charge is -2.18. The minimum absolute atomic E-state index is 0.0566. The summed E-state index contributed by atoms with van der Waals surface area (Å²) in [6.45, 7) is 8.13. The molecule has 1 aliphatic rings. The van der Waals surface area contributed by atoms with Crippen LogP contribution in [0.25, 0.3) is 5.70 Å². The highest BCUT2D eigenvalue weighted by atomic mass is 16.5. The van der Waals surface area contributed by atoms with E-state index in [0.717, 1.165) is 22.4 Å². The number of aryl methyl sites for hydroxylation is 2. The first-order valence-electron chi connectivity index (χ1n) is 6.81. The van der Waals surface area contributed by atoms with Gasteiger partial charge in [-0.3, -0.25) is 9.69 Å². The van der Waals surface area contributed by atoms with Crippen LogP contribution in [0.15, 0.2) is 43.0 Å². The largest absolute Gasteiger partial charge is 0.497 e. The third kappa shape index (κ3) is 2.11. The molecule has 2 aromatic carbocycles.